The molecule has 0 radical (unpaired) electrons. The molecule has 1 aromatic carbocycles. The summed E-state index contributed by atoms with van der Waals surface area (Å²) in [5, 5.41) is 6.32. The second-order valence-corrected chi connectivity index (χ2v) is 6.28. The van der Waals surface area contributed by atoms with Crippen LogP contribution >= 0.6 is 22.9 Å². The summed E-state index contributed by atoms with van der Waals surface area (Å²) in [6.07, 6.45) is 2.72. The monoisotopic (exact) mass is 343 g/mol. The van der Waals surface area contributed by atoms with Crippen LogP contribution in [0.2, 0.25) is 5.02 Å². The minimum Gasteiger partial charge on any atom is -0.326 e. The van der Waals surface area contributed by atoms with Gasteiger partial charge in [0, 0.05) is 35.1 Å². The van der Waals surface area contributed by atoms with Crippen LogP contribution in [0.4, 0.5) is 5.69 Å². The van der Waals surface area contributed by atoms with Gasteiger partial charge >= 0.3 is 0 Å². The quantitative estimate of drug-likeness (QED) is 0.745. The maximum absolute atomic E-state index is 12.0. The summed E-state index contributed by atoms with van der Waals surface area (Å²) >= 11 is 7.44. The van der Waals surface area contributed by atoms with Crippen LogP contribution < -0.4 is 5.32 Å². The molecule has 0 atom stereocenters. The zero-order valence-corrected chi connectivity index (χ0v) is 13.8. The molecule has 23 heavy (non-hydrogen) atoms. The molecule has 0 fully saturated rings. The fourth-order valence-corrected chi connectivity index (χ4v) is 3.05. The van der Waals surface area contributed by atoms with Crippen LogP contribution in [-0.2, 0) is 11.2 Å². The molecule has 2 aromatic heterocycles. The summed E-state index contributed by atoms with van der Waals surface area (Å²) in [6.45, 7) is 0. The zero-order valence-electron chi connectivity index (χ0n) is 12.2. The Hall–Kier alpha value is -2.24. The highest BCUT2D eigenvalue weighted by Crippen LogP contribution is 2.21. The number of aryl methyl sites for hydroxylation is 1. The van der Waals surface area contributed by atoms with Gasteiger partial charge in [-0.15, -0.1) is 11.3 Å². The fraction of sp³-hybridized carbons (Fsp3) is 0.118. The van der Waals surface area contributed by atoms with Crippen LogP contribution in [0.25, 0.3) is 11.4 Å². The number of aromatic nitrogens is 2. The smallest absolute Gasteiger partial charge is 0.224 e. The first-order chi connectivity index (χ1) is 11.2. The number of benzene rings is 1. The first-order valence-corrected chi connectivity index (χ1v) is 8.38. The topological polar surface area (TPSA) is 54.9 Å². The van der Waals surface area contributed by atoms with E-state index in [-0.39, 0.29) is 5.91 Å². The first-order valence-electron chi connectivity index (χ1n) is 7.12. The van der Waals surface area contributed by atoms with Crippen molar-refractivity contribution in [2.45, 2.75) is 12.8 Å². The maximum Gasteiger partial charge on any atom is 0.224 e. The van der Waals surface area contributed by atoms with E-state index in [2.05, 4.69) is 15.3 Å². The van der Waals surface area contributed by atoms with E-state index >= 15 is 0 Å². The minimum atomic E-state index is -0.0538. The van der Waals surface area contributed by atoms with E-state index in [9.17, 15) is 4.79 Å². The number of carbonyl (C=O) groups is 1. The SMILES string of the molecule is O=C(CCc1nc(-c2ccccn2)cs1)Nc1cccc(Cl)c1. The highest BCUT2D eigenvalue weighted by Gasteiger charge is 2.08. The van der Waals surface area contributed by atoms with Crippen molar-refractivity contribution in [2.24, 2.45) is 0 Å². The Morgan fingerprint density at radius 1 is 1.17 bits per heavy atom. The lowest BCUT2D eigenvalue weighted by molar-refractivity contribution is -0.116. The van der Waals surface area contributed by atoms with E-state index in [0.717, 1.165) is 16.4 Å². The third kappa shape index (κ3) is 4.37. The van der Waals surface area contributed by atoms with Crippen molar-refractivity contribution >= 4 is 34.5 Å². The van der Waals surface area contributed by atoms with Gasteiger partial charge in [0.2, 0.25) is 5.91 Å². The van der Waals surface area contributed by atoms with E-state index in [1.54, 1.807) is 35.7 Å². The molecule has 0 aliphatic heterocycles. The van der Waals surface area contributed by atoms with Crippen molar-refractivity contribution in [1.82, 2.24) is 9.97 Å². The van der Waals surface area contributed by atoms with E-state index in [1.807, 2.05) is 29.6 Å². The Kier molecular flexibility index (Phi) is 5.00. The van der Waals surface area contributed by atoms with Crippen LogP contribution in [0, 0.1) is 0 Å². The summed E-state index contributed by atoms with van der Waals surface area (Å²) < 4.78 is 0. The molecule has 2 heterocycles. The Bertz CT molecular complexity index is 804. The molecule has 0 aliphatic carbocycles. The Morgan fingerprint density at radius 3 is 2.87 bits per heavy atom. The van der Waals surface area contributed by atoms with Gasteiger partial charge in [0.1, 0.15) is 0 Å². The number of nitrogens with zero attached hydrogens (tertiary/aromatic N) is 2. The maximum atomic E-state index is 12.0. The van der Waals surface area contributed by atoms with Gasteiger partial charge in [0.25, 0.3) is 0 Å². The number of pyridine rings is 1. The van der Waals surface area contributed by atoms with Crippen molar-refractivity contribution in [2.75, 3.05) is 5.32 Å². The second kappa shape index (κ2) is 7.35. The number of halogens is 1. The molecule has 0 saturated carbocycles. The van der Waals surface area contributed by atoms with E-state index in [1.165, 1.54) is 0 Å². The van der Waals surface area contributed by atoms with Crippen molar-refractivity contribution in [3.8, 4) is 11.4 Å². The predicted octanol–water partition coefficient (Wildman–Crippen LogP) is 4.43. The first kappa shape index (κ1) is 15.6. The third-order valence-electron chi connectivity index (χ3n) is 3.15. The van der Waals surface area contributed by atoms with Gasteiger partial charge in [-0.25, -0.2) is 4.98 Å². The van der Waals surface area contributed by atoms with Crippen molar-refractivity contribution in [3.63, 3.8) is 0 Å². The molecular formula is C17H14ClN3OS. The molecule has 0 unspecified atom stereocenters. The van der Waals surface area contributed by atoms with Crippen LogP contribution in [0.1, 0.15) is 11.4 Å². The normalized spacial score (nSPS) is 10.5. The van der Waals surface area contributed by atoms with Gasteiger partial charge in [-0.1, -0.05) is 23.7 Å². The number of amides is 1. The highest BCUT2D eigenvalue weighted by molar-refractivity contribution is 7.09. The molecule has 116 valence electrons. The van der Waals surface area contributed by atoms with Gasteiger partial charge in [-0.2, -0.15) is 0 Å². The predicted molar refractivity (Wildman–Crippen MR) is 93.7 cm³/mol. The van der Waals surface area contributed by atoms with E-state index in [0.29, 0.717) is 23.6 Å². The fourth-order valence-electron chi connectivity index (χ4n) is 2.07. The Labute approximate surface area is 143 Å². The lowest BCUT2D eigenvalue weighted by Gasteiger charge is -2.04. The largest absolute Gasteiger partial charge is 0.326 e. The third-order valence-corrected chi connectivity index (χ3v) is 4.30. The molecule has 0 spiro atoms. The lowest BCUT2D eigenvalue weighted by Crippen LogP contribution is -2.12. The number of carbonyl (C=O) groups excluding carboxylic acids is 1. The molecule has 1 N–H and O–H groups in total. The summed E-state index contributed by atoms with van der Waals surface area (Å²) in [5.41, 5.74) is 2.40. The number of anilines is 1. The summed E-state index contributed by atoms with van der Waals surface area (Å²) in [4.78, 5) is 20.8. The van der Waals surface area contributed by atoms with Crippen LogP contribution in [0.15, 0.2) is 54.0 Å². The highest BCUT2D eigenvalue weighted by atomic mass is 35.5. The van der Waals surface area contributed by atoms with Gasteiger partial charge in [0.15, 0.2) is 0 Å². The molecular weight excluding hydrogens is 330 g/mol. The molecule has 3 rings (SSSR count). The average molecular weight is 344 g/mol. The molecule has 6 heteroatoms. The van der Waals surface area contributed by atoms with Gasteiger partial charge in [-0.05, 0) is 30.3 Å². The Morgan fingerprint density at radius 2 is 2.09 bits per heavy atom. The number of nitrogens with one attached hydrogen (secondary N) is 1. The summed E-state index contributed by atoms with van der Waals surface area (Å²) in [7, 11) is 0. The molecule has 0 saturated heterocycles. The zero-order chi connectivity index (χ0) is 16.1. The van der Waals surface area contributed by atoms with E-state index in [4.69, 9.17) is 11.6 Å². The molecule has 0 aliphatic rings. The van der Waals surface area contributed by atoms with Crippen LogP contribution in [0.5, 0.6) is 0 Å². The number of thiazole rings is 1. The summed E-state index contributed by atoms with van der Waals surface area (Å²) in [6, 6.07) is 12.8. The molecule has 3 aromatic rings. The molecule has 4 nitrogen and oxygen atoms in total. The standard InChI is InChI=1S/C17H14ClN3OS/c18-12-4-3-5-13(10-12)20-16(22)7-8-17-21-15(11-23-17)14-6-1-2-9-19-14/h1-6,9-11H,7-8H2,(H,20,22). The second-order valence-electron chi connectivity index (χ2n) is 4.90. The van der Waals surface area contributed by atoms with Gasteiger partial charge < -0.3 is 5.32 Å². The number of rotatable bonds is 5. The Balaban J connectivity index is 1.56. The van der Waals surface area contributed by atoms with Crippen LogP contribution in [0.3, 0.4) is 0 Å². The van der Waals surface area contributed by atoms with Gasteiger partial charge in [-0.3, -0.25) is 9.78 Å². The van der Waals surface area contributed by atoms with Crippen LogP contribution in [-0.4, -0.2) is 15.9 Å². The average Bonchev–Trinajstić information content (AvgIpc) is 3.03. The van der Waals surface area contributed by atoms with Gasteiger partial charge in [0.05, 0.1) is 16.4 Å². The number of hydrogen-bond acceptors (Lipinski definition) is 4. The van der Waals surface area contributed by atoms with Crippen molar-refractivity contribution in [1.29, 1.82) is 0 Å². The number of hydrogen-bond donors (Lipinski definition) is 1. The van der Waals surface area contributed by atoms with Crippen molar-refractivity contribution < 1.29 is 4.79 Å². The van der Waals surface area contributed by atoms with E-state index < -0.39 is 0 Å². The molecule has 0 bridgehead atoms. The lowest BCUT2D eigenvalue weighted by atomic mass is 10.2. The summed E-state index contributed by atoms with van der Waals surface area (Å²) in [5.74, 6) is -0.0538. The molecule has 1 amide bonds. The minimum absolute atomic E-state index is 0.0538. The van der Waals surface area contributed by atoms with Crippen molar-refractivity contribution in [3.05, 3.63) is 64.1 Å².